The van der Waals surface area contributed by atoms with Crippen LogP contribution in [0.15, 0.2) is 0 Å². The standard InChI is InChI=1S/C13H25N3O4/c1-15(2)7-5-4-6-14-13(19)16(3)11-9-20-8-10(11)12(17)18/h10-11H,4-9H2,1-3H3,(H,14,19)(H,17,18). The van der Waals surface area contributed by atoms with Crippen molar-refractivity contribution in [3.63, 3.8) is 0 Å². The van der Waals surface area contributed by atoms with Crippen molar-refractivity contribution in [1.29, 1.82) is 0 Å². The van der Waals surface area contributed by atoms with Crippen LogP contribution in [0.5, 0.6) is 0 Å². The third-order valence-corrected chi connectivity index (χ3v) is 3.49. The van der Waals surface area contributed by atoms with Crippen LogP contribution in [0.1, 0.15) is 12.8 Å². The highest BCUT2D eigenvalue weighted by atomic mass is 16.5. The zero-order valence-corrected chi connectivity index (χ0v) is 12.5. The SMILES string of the molecule is CN(C)CCCCNC(=O)N(C)C1COCC1C(=O)O. The molecule has 7 heteroatoms. The first-order chi connectivity index (χ1) is 9.43. The Kier molecular flexibility index (Phi) is 6.74. The molecule has 1 fully saturated rings. The summed E-state index contributed by atoms with van der Waals surface area (Å²) in [6.45, 7) is 2.04. The molecule has 1 aliphatic rings. The van der Waals surface area contributed by atoms with E-state index in [0.717, 1.165) is 19.4 Å². The van der Waals surface area contributed by atoms with E-state index in [1.165, 1.54) is 4.90 Å². The number of ether oxygens (including phenoxy) is 1. The van der Waals surface area contributed by atoms with E-state index in [1.54, 1.807) is 7.05 Å². The van der Waals surface area contributed by atoms with Gasteiger partial charge in [-0.3, -0.25) is 4.79 Å². The summed E-state index contributed by atoms with van der Waals surface area (Å²) in [7, 11) is 5.64. The summed E-state index contributed by atoms with van der Waals surface area (Å²) in [6.07, 6.45) is 1.92. The van der Waals surface area contributed by atoms with Gasteiger partial charge in [-0.2, -0.15) is 0 Å². The first kappa shape index (κ1) is 16.7. The van der Waals surface area contributed by atoms with Crippen molar-refractivity contribution < 1.29 is 19.4 Å². The predicted octanol–water partition coefficient (Wildman–Crippen LogP) is 0.0692. The number of unbranched alkanes of at least 4 members (excludes halogenated alkanes) is 1. The maximum Gasteiger partial charge on any atom is 0.317 e. The second-order valence-electron chi connectivity index (χ2n) is 5.40. The van der Waals surface area contributed by atoms with Gasteiger partial charge >= 0.3 is 12.0 Å². The van der Waals surface area contributed by atoms with E-state index in [2.05, 4.69) is 10.2 Å². The van der Waals surface area contributed by atoms with Crippen molar-refractivity contribution in [2.75, 3.05) is 47.4 Å². The Bertz CT molecular complexity index is 336. The van der Waals surface area contributed by atoms with Crippen LogP contribution in [-0.4, -0.2) is 80.4 Å². The first-order valence-electron chi connectivity index (χ1n) is 6.89. The minimum absolute atomic E-state index is 0.167. The van der Waals surface area contributed by atoms with Crippen LogP contribution in [0.4, 0.5) is 4.79 Å². The normalized spacial score (nSPS) is 22.0. The largest absolute Gasteiger partial charge is 0.481 e. The second-order valence-corrected chi connectivity index (χ2v) is 5.40. The molecule has 20 heavy (non-hydrogen) atoms. The molecule has 1 aliphatic heterocycles. The lowest BCUT2D eigenvalue weighted by molar-refractivity contribution is -0.142. The predicted molar refractivity (Wildman–Crippen MR) is 74.7 cm³/mol. The quantitative estimate of drug-likeness (QED) is 0.648. The summed E-state index contributed by atoms with van der Waals surface area (Å²) < 4.78 is 5.16. The van der Waals surface area contributed by atoms with Crippen LogP contribution in [0, 0.1) is 5.92 Å². The second kappa shape index (κ2) is 8.06. The monoisotopic (exact) mass is 287 g/mol. The lowest BCUT2D eigenvalue weighted by Gasteiger charge is -2.26. The fraction of sp³-hybridized carbons (Fsp3) is 0.846. The Labute approximate surface area is 119 Å². The van der Waals surface area contributed by atoms with Gasteiger partial charge in [0.05, 0.1) is 19.3 Å². The van der Waals surface area contributed by atoms with Gasteiger partial charge < -0.3 is 25.0 Å². The summed E-state index contributed by atoms with van der Waals surface area (Å²) >= 11 is 0. The van der Waals surface area contributed by atoms with Crippen LogP contribution in [-0.2, 0) is 9.53 Å². The Balaban J connectivity index is 2.30. The van der Waals surface area contributed by atoms with E-state index in [0.29, 0.717) is 6.54 Å². The van der Waals surface area contributed by atoms with Gasteiger partial charge in [0.25, 0.3) is 0 Å². The van der Waals surface area contributed by atoms with Gasteiger partial charge in [0.15, 0.2) is 0 Å². The molecule has 0 spiro atoms. The van der Waals surface area contributed by atoms with Gasteiger partial charge in [-0.1, -0.05) is 0 Å². The molecular weight excluding hydrogens is 262 g/mol. The van der Waals surface area contributed by atoms with Gasteiger partial charge in [-0.25, -0.2) is 4.79 Å². The molecule has 0 aromatic carbocycles. The molecule has 116 valence electrons. The maximum atomic E-state index is 12.0. The zero-order valence-electron chi connectivity index (χ0n) is 12.5. The number of carbonyl (C=O) groups excluding carboxylic acids is 1. The summed E-state index contributed by atoms with van der Waals surface area (Å²) in [5, 5.41) is 11.9. The minimum atomic E-state index is -0.918. The Hall–Kier alpha value is -1.34. The van der Waals surface area contributed by atoms with Gasteiger partial charge in [0.1, 0.15) is 5.92 Å². The highest BCUT2D eigenvalue weighted by Gasteiger charge is 2.38. The molecule has 2 unspecified atom stereocenters. The third kappa shape index (κ3) is 4.97. The molecule has 1 rings (SSSR count). The van der Waals surface area contributed by atoms with Crippen LogP contribution >= 0.6 is 0 Å². The van der Waals surface area contributed by atoms with E-state index < -0.39 is 17.9 Å². The van der Waals surface area contributed by atoms with Crippen LogP contribution in [0.2, 0.25) is 0 Å². The van der Waals surface area contributed by atoms with Gasteiger partial charge in [-0.15, -0.1) is 0 Å². The molecule has 0 aliphatic carbocycles. The highest BCUT2D eigenvalue weighted by Crippen LogP contribution is 2.18. The average Bonchev–Trinajstić information content (AvgIpc) is 2.86. The fourth-order valence-corrected chi connectivity index (χ4v) is 2.18. The lowest BCUT2D eigenvalue weighted by atomic mass is 10.0. The van der Waals surface area contributed by atoms with E-state index in [4.69, 9.17) is 9.84 Å². The molecule has 0 saturated carbocycles. The van der Waals surface area contributed by atoms with Crippen LogP contribution < -0.4 is 5.32 Å². The minimum Gasteiger partial charge on any atom is -0.481 e. The molecule has 0 aromatic rings. The number of likely N-dealkylation sites (N-methyl/N-ethyl adjacent to an activating group) is 1. The Morgan fingerprint density at radius 2 is 1.95 bits per heavy atom. The van der Waals surface area contributed by atoms with Gasteiger partial charge in [0, 0.05) is 13.6 Å². The number of rotatable bonds is 7. The smallest absolute Gasteiger partial charge is 0.317 e. The lowest BCUT2D eigenvalue weighted by Crippen LogP contribution is -2.48. The number of hydrogen-bond donors (Lipinski definition) is 2. The Morgan fingerprint density at radius 3 is 2.55 bits per heavy atom. The molecule has 7 nitrogen and oxygen atoms in total. The molecular formula is C13H25N3O4. The van der Waals surface area contributed by atoms with Crippen molar-refractivity contribution in [3.05, 3.63) is 0 Å². The number of carbonyl (C=O) groups is 2. The maximum absolute atomic E-state index is 12.0. The van der Waals surface area contributed by atoms with E-state index >= 15 is 0 Å². The highest BCUT2D eigenvalue weighted by molar-refractivity contribution is 5.77. The molecule has 2 atom stereocenters. The number of hydrogen-bond acceptors (Lipinski definition) is 4. The molecule has 0 radical (unpaired) electrons. The first-order valence-corrected chi connectivity index (χ1v) is 6.89. The number of aliphatic carboxylic acids is 1. The van der Waals surface area contributed by atoms with Gasteiger partial charge in [0.2, 0.25) is 0 Å². The molecule has 2 amide bonds. The van der Waals surface area contributed by atoms with Crippen molar-refractivity contribution >= 4 is 12.0 Å². The molecule has 1 saturated heterocycles. The van der Waals surface area contributed by atoms with E-state index in [9.17, 15) is 9.59 Å². The van der Waals surface area contributed by atoms with Crippen LogP contribution in [0.3, 0.4) is 0 Å². The summed E-state index contributed by atoms with van der Waals surface area (Å²) in [4.78, 5) is 26.6. The van der Waals surface area contributed by atoms with Crippen molar-refractivity contribution in [2.45, 2.75) is 18.9 Å². The number of nitrogens with zero attached hydrogens (tertiary/aromatic N) is 2. The van der Waals surface area contributed by atoms with E-state index in [-0.39, 0.29) is 19.2 Å². The number of urea groups is 1. The van der Waals surface area contributed by atoms with Crippen molar-refractivity contribution in [2.24, 2.45) is 5.92 Å². The molecule has 2 N–H and O–H groups in total. The number of amides is 2. The number of carboxylic acids is 1. The third-order valence-electron chi connectivity index (χ3n) is 3.49. The summed E-state index contributed by atoms with van der Waals surface area (Å²) in [5.74, 6) is -1.56. The summed E-state index contributed by atoms with van der Waals surface area (Å²) in [6, 6.07) is -0.633. The fourth-order valence-electron chi connectivity index (χ4n) is 2.18. The molecule has 0 aromatic heterocycles. The summed E-state index contributed by atoms with van der Waals surface area (Å²) in [5.41, 5.74) is 0. The van der Waals surface area contributed by atoms with Crippen LogP contribution in [0.25, 0.3) is 0 Å². The van der Waals surface area contributed by atoms with Crippen molar-refractivity contribution in [3.8, 4) is 0 Å². The topological polar surface area (TPSA) is 82.1 Å². The Morgan fingerprint density at radius 1 is 1.25 bits per heavy atom. The number of carboxylic acid groups (broad SMARTS) is 1. The molecule has 1 heterocycles. The zero-order chi connectivity index (χ0) is 15.1. The van der Waals surface area contributed by atoms with Crippen molar-refractivity contribution in [1.82, 2.24) is 15.1 Å². The average molecular weight is 287 g/mol. The van der Waals surface area contributed by atoms with Gasteiger partial charge in [-0.05, 0) is 33.5 Å². The number of nitrogens with one attached hydrogen (secondary N) is 1. The van der Waals surface area contributed by atoms with E-state index in [1.807, 2.05) is 14.1 Å². The molecule has 0 bridgehead atoms.